The van der Waals surface area contributed by atoms with Gasteiger partial charge in [-0.3, -0.25) is 9.59 Å². The number of aliphatic hydroxyl groups is 1. The molecule has 5 nitrogen and oxygen atoms in total. The summed E-state index contributed by atoms with van der Waals surface area (Å²) in [6.45, 7) is 1.65. The third kappa shape index (κ3) is 2.96. The van der Waals surface area contributed by atoms with Gasteiger partial charge in [-0.1, -0.05) is 18.2 Å². The van der Waals surface area contributed by atoms with Gasteiger partial charge in [0.25, 0.3) is 0 Å². The summed E-state index contributed by atoms with van der Waals surface area (Å²) in [5, 5.41) is 11.7. The minimum absolute atomic E-state index is 0.139. The first kappa shape index (κ1) is 17.9. The van der Waals surface area contributed by atoms with Gasteiger partial charge in [0.1, 0.15) is 0 Å². The van der Waals surface area contributed by atoms with E-state index in [0.29, 0.717) is 30.2 Å². The Morgan fingerprint density at radius 1 is 1.21 bits per heavy atom. The summed E-state index contributed by atoms with van der Waals surface area (Å²) in [7, 11) is 0. The number of aromatic amines is 1. The molecule has 28 heavy (non-hydrogen) atoms. The maximum absolute atomic E-state index is 12.8. The third-order valence-electron chi connectivity index (χ3n) is 7.20. The summed E-state index contributed by atoms with van der Waals surface area (Å²) in [6, 6.07) is 7.61. The monoisotopic (exact) mass is 381 g/mol. The maximum Gasteiger partial charge on any atom is 0.307 e. The molecule has 1 aromatic carbocycles. The van der Waals surface area contributed by atoms with E-state index < -0.39 is 11.7 Å². The van der Waals surface area contributed by atoms with Crippen molar-refractivity contribution in [2.75, 3.05) is 0 Å². The van der Waals surface area contributed by atoms with Crippen molar-refractivity contribution in [1.29, 1.82) is 0 Å². The van der Waals surface area contributed by atoms with Crippen LogP contribution in [0.5, 0.6) is 0 Å². The number of ketones is 1. The molecule has 5 atom stereocenters. The zero-order valence-corrected chi connectivity index (χ0v) is 16.2. The quantitative estimate of drug-likeness (QED) is 0.606. The van der Waals surface area contributed by atoms with E-state index in [1.807, 2.05) is 24.3 Å². The van der Waals surface area contributed by atoms with E-state index in [-0.39, 0.29) is 17.2 Å². The number of carbonyl (C=O) groups excluding carboxylic acids is 2. The highest BCUT2D eigenvalue weighted by Gasteiger charge is 2.57. The fourth-order valence-electron chi connectivity index (χ4n) is 6.70. The van der Waals surface area contributed by atoms with Gasteiger partial charge in [-0.15, -0.1) is 0 Å². The minimum atomic E-state index is -0.816. The summed E-state index contributed by atoms with van der Waals surface area (Å²) in [5.41, 5.74) is 0.723. The van der Waals surface area contributed by atoms with Crippen molar-refractivity contribution in [3.63, 3.8) is 0 Å². The van der Waals surface area contributed by atoms with Crippen LogP contribution in [-0.2, 0) is 9.53 Å². The van der Waals surface area contributed by atoms with Crippen molar-refractivity contribution in [2.45, 2.75) is 63.6 Å². The standard InChI is InChI=1S/C23H27NO4/c1-14(21(26)18-12-24-19-5-3-2-4-17(18)19)28-20(25)11-22-7-15-6-16(8-22)10-23(27,9-15)13-22/h2-5,12,14-16,24,27H,6-11,13H2,1H3/t14-,15-,16+,22?,23?/m1/s1. The maximum atomic E-state index is 12.8. The topological polar surface area (TPSA) is 79.4 Å². The number of carbonyl (C=O) groups is 2. The highest BCUT2D eigenvalue weighted by molar-refractivity contribution is 6.10. The summed E-state index contributed by atoms with van der Waals surface area (Å²) >= 11 is 0. The molecule has 0 spiro atoms. The molecule has 148 valence electrons. The van der Waals surface area contributed by atoms with E-state index >= 15 is 0 Å². The number of benzene rings is 1. The molecule has 5 heteroatoms. The molecule has 0 aliphatic heterocycles. The number of para-hydroxylation sites is 1. The second kappa shape index (κ2) is 6.18. The van der Waals surface area contributed by atoms with Gasteiger partial charge in [-0.05, 0) is 68.8 Å². The van der Waals surface area contributed by atoms with Gasteiger partial charge in [-0.2, -0.15) is 0 Å². The zero-order chi connectivity index (χ0) is 19.5. The summed E-state index contributed by atoms with van der Waals surface area (Å²) in [6.07, 6.45) is 6.85. The van der Waals surface area contributed by atoms with E-state index in [4.69, 9.17) is 4.74 Å². The van der Waals surface area contributed by atoms with Crippen LogP contribution in [0.2, 0.25) is 0 Å². The molecule has 4 saturated carbocycles. The molecular formula is C23H27NO4. The van der Waals surface area contributed by atoms with E-state index in [1.165, 1.54) is 6.42 Å². The number of aromatic nitrogens is 1. The first-order valence-electron chi connectivity index (χ1n) is 10.4. The fourth-order valence-corrected chi connectivity index (χ4v) is 6.70. The van der Waals surface area contributed by atoms with Gasteiger partial charge in [0.2, 0.25) is 5.78 Å². The number of esters is 1. The first-order chi connectivity index (χ1) is 13.3. The lowest BCUT2D eigenvalue weighted by Gasteiger charge is -2.60. The second-order valence-corrected chi connectivity index (χ2v) is 9.61. The van der Waals surface area contributed by atoms with Gasteiger partial charge in [0.15, 0.2) is 6.10 Å². The molecule has 0 amide bonds. The van der Waals surface area contributed by atoms with Crippen LogP contribution in [0.4, 0.5) is 0 Å². The van der Waals surface area contributed by atoms with Crippen molar-refractivity contribution in [2.24, 2.45) is 17.3 Å². The number of H-pyrrole nitrogens is 1. The smallest absolute Gasteiger partial charge is 0.307 e. The predicted molar refractivity (Wildman–Crippen MR) is 105 cm³/mol. The lowest BCUT2D eigenvalue weighted by molar-refractivity contribution is -0.178. The normalized spacial score (nSPS) is 34.5. The van der Waals surface area contributed by atoms with Crippen LogP contribution in [-0.4, -0.2) is 33.5 Å². The average molecular weight is 381 g/mol. The van der Waals surface area contributed by atoms with Crippen molar-refractivity contribution >= 4 is 22.7 Å². The molecule has 4 aliphatic carbocycles. The number of Topliss-reactive ketones (excluding diaryl/α,β-unsaturated/α-hetero) is 1. The molecule has 2 aromatic rings. The first-order valence-corrected chi connectivity index (χ1v) is 10.4. The Balaban J connectivity index is 1.27. The Kier molecular flexibility index (Phi) is 3.96. The number of ether oxygens (including phenoxy) is 1. The average Bonchev–Trinajstić information content (AvgIpc) is 3.02. The Bertz CT molecular complexity index is 931. The molecule has 1 heterocycles. The van der Waals surface area contributed by atoms with Crippen LogP contribution in [0.3, 0.4) is 0 Å². The van der Waals surface area contributed by atoms with Crippen LogP contribution in [0.25, 0.3) is 10.9 Å². The SMILES string of the molecule is C[C@@H](OC(=O)CC12C[C@@H]3C[C@@H](CC(O)(C3)C1)C2)C(=O)c1c[nH]c2ccccc12. The van der Waals surface area contributed by atoms with Gasteiger partial charge >= 0.3 is 5.97 Å². The number of rotatable bonds is 5. The highest BCUT2D eigenvalue weighted by Crippen LogP contribution is 2.62. The van der Waals surface area contributed by atoms with Crippen LogP contribution < -0.4 is 0 Å². The Labute approximate surface area is 164 Å². The molecule has 6 rings (SSSR count). The lowest BCUT2D eigenvalue weighted by atomic mass is 9.47. The van der Waals surface area contributed by atoms with Crippen LogP contribution in [0.1, 0.15) is 62.2 Å². The minimum Gasteiger partial charge on any atom is -0.454 e. The summed E-state index contributed by atoms with van der Waals surface area (Å²) in [4.78, 5) is 28.6. The number of fused-ring (bicyclic) bond motifs is 1. The molecular weight excluding hydrogens is 354 g/mol. The number of hydrogen-bond donors (Lipinski definition) is 2. The second-order valence-electron chi connectivity index (χ2n) is 9.61. The van der Waals surface area contributed by atoms with Gasteiger partial charge < -0.3 is 14.8 Å². The van der Waals surface area contributed by atoms with Gasteiger partial charge in [0, 0.05) is 22.7 Å². The van der Waals surface area contributed by atoms with E-state index in [1.54, 1.807) is 13.1 Å². The fraction of sp³-hybridized carbons (Fsp3) is 0.565. The van der Waals surface area contributed by atoms with Crippen LogP contribution >= 0.6 is 0 Å². The molecule has 0 radical (unpaired) electrons. The Morgan fingerprint density at radius 3 is 2.64 bits per heavy atom. The number of nitrogens with one attached hydrogen (secondary N) is 1. The Hall–Kier alpha value is -2.14. The molecule has 1 aromatic heterocycles. The number of hydrogen-bond acceptors (Lipinski definition) is 4. The van der Waals surface area contributed by atoms with Gasteiger partial charge in [-0.25, -0.2) is 0 Å². The van der Waals surface area contributed by atoms with Crippen LogP contribution in [0.15, 0.2) is 30.5 Å². The molecule has 0 saturated heterocycles. The predicted octanol–water partition coefficient (Wildman–Crippen LogP) is 4.00. The summed E-state index contributed by atoms with van der Waals surface area (Å²) in [5.74, 6) is 0.565. The van der Waals surface area contributed by atoms with E-state index in [9.17, 15) is 14.7 Å². The zero-order valence-electron chi connectivity index (χ0n) is 16.2. The summed E-state index contributed by atoms with van der Waals surface area (Å²) < 4.78 is 5.57. The molecule has 4 aliphatic rings. The van der Waals surface area contributed by atoms with Gasteiger partial charge in [0.05, 0.1) is 12.0 Å². The van der Waals surface area contributed by atoms with Crippen LogP contribution in [0, 0.1) is 17.3 Å². The highest BCUT2D eigenvalue weighted by atomic mass is 16.5. The largest absolute Gasteiger partial charge is 0.454 e. The third-order valence-corrected chi connectivity index (χ3v) is 7.20. The molecule has 4 bridgehead atoms. The van der Waals surface area contributed by atoms with Crippen molar-refractivity contribution in [3.8, 4) is 0 Å². The lowest BCUT2D eigenvalue weighted by Crippen LogP contribution is -2.56. The molecule has 4 fully saturated rings. The molecule has 2 N–H and O–H groups in total. The van der Waals surface area contributed by atoms with Crippen molar-refractivity contribution in [3.05, 3.63) is 36.0 Å². The molecule has 2 unspecified atom stereocenters. The Morgan fingerprint density at radius 2 is 1.93 bits per heavy atom. The van der Waals surface area contributed by atoms with E-state index in [2.05, 4.69) is 4.98 Å². The van der Waals surface area contributed by atoms with Crippen molar-refractivity contribution in [1.82, 2.24) is 4.98 Å². The van der Waals surface area contributed by atoms with Crippen molar-refractivity contribution < 1.29 is 19.4 Å². The van der Waals surface area contributed by atoms with E-state index in [0.717, 1.165) is 36.6 Å².